The molecule has 3 aliphatic rings. The zero-order valence-electron chi connectivity index (χ0n) is 10.6. The minimum atomic E-state index is 1.01. The SMILES string of the molecule is CN1CCC2=C(CSC=C2)C2=C=C1/C=C\C/C=C\2. The number of hydrogen-bond donors (Lipinski definition) is 0. The first kappa shape index (κ1) is 11.7. The van der Waals surface area contributed by atoms with E-state index in [1.165, 1.54) is 22.4 Å². The Balaban J connectivity index is 2.19. The van der Waals surface area contributed by atoms with Crippen LogP contribution in [0.4, 0.5) is 0 Å². The average molecular weight is 255 g/mol. The molecule has 2 heteroatoms. The zero-order chi connectivity index (χ0) is 12.4. The quantitative estimate of drug-likeness (QED) is 0.606. The highest BCUT2D eigenvalue weighted by molar-refractivity contribution is 8.02. The summed E-state index contributed by atoms with van der Waals surface area (Å²) < 4.78 is 0. The highest BCUT2D eigenvalue weighted by Crippen LogP contribution is 2.31. The van der Waals surface area contributed by atoms with Crippen molar-refractivity contribution in [1.82, 2.24) is 4.90 Å². The number of nitrogens with zero attached hydrogens (tertiary/aromatic N) is 1. The van der Waals surface area contributed by atoms with E-state index in [0.717, 1.165) is 25.1 Å². The van der Waals surface area contributed by atoms with Gasteiger partial charge in [0.1, 0.15) is 0 Å². The number of hydrogen-bond acceptors (Lipinski definition) is 2. The van der Waals surface area contributed by atoms with Crippen LogP contribution >= 0.6 is 11.8 Å². The van der Waals surface area contributed by atoms with E-state index in [2.05, 4.69) is 53.5 Å². The largest absolute Gasteiger partial charge is 0.368 e. The van der Waals surface area contributed by atoms with Crippen molar-refractivity contribution in [3.05, 3.63) is 63.9 Å². The molecule has 0 atom stereocenters. The summed E-state index contributed by atoms with van der Waals surface area (Å²) >= 11 is 1.88. The maximum absolute atomic E-state index is 3.59. The van der Waals surface area contributed by atoms with E-state index in [-0.39, 0.29) is 0 Å². The fourth-order valence-corrected chi connectivity index (χ4v) is 3.28. The van der Waals surface area contributed by atoms with Gasteiger partial charge >= 0.3 is 0 Å². The van der Waals surface area contributed by atoms with E-state index < -0.39 is 0 Å². The fraction of sp³-hybridized carbons (Fsp3) is 0.312. The van der Waals surface area contributed by atoms with Crippen LogP contribution in [0.5, 0.6) is 0 Å². The van der Waals surface area contributed by atoms with Gasteiger partial charge in [-0.3, -0.25) is 0 Å². The van der Waals surface area contributed by atoms with Gasteiger partial charge < -0.3 is 4.90 Å². The van der Waals surface area contributed by atoms with Gasteiger partial charge in [-0.2, -0.15) is 0 Å². The molecule has 18 heavy (non-hydrogen) atoms. The van der Waals surface area contributed by atoms with Crippen LogP contribution in [0.3, 0.4) is 0 Å². The second-order valence-corrected chi connectivity index (χ2v) is 5.65. The zero-order valence-corrected chi connectivity index (χ0v) is 11.5. The molecule has 92 valence electrons. The molecule has 0 spiro atoms. The van der Waals surface area contributed by atoms with Gasteiger partial charge in [-0.15, -0.1) is 11.8 Å². The van der Waals surface area contributed by atoms with Crippen molar-refractivity contribution in [1.29, 1.82) is 0 Å². The molecule has 0 radical (unpaired) electrons. The molecular formula is C16H17NS. The van der Waals surface area contributed by atoms with Crippen LogP contribution in [0.15, 0.2) is 63.9 Å². The minimum absolute atomic E-state index is 1.01. The van der Waals surface area contributed by atoms with Crippen molar-refractivity contribution in [2.45, 2.75) is 12.8 Å². The van der Waals surface area contributed by atoms with Crippen molar-refractivity contribution in [3.63, 3.8) is 0 Å². The summed E-state index contributed by atoms with van der Waals surface area (Å²) in [7, 11) is 2.16. The molecule has 0 aromatic heterocycles. The summed E-state index contributed by atoms with van der Waals surface area (Å²) in [6.07, 6.45) is 13.3. The van der Waals surface area contributed by atoms with Gasteiger partial charge in [0.05, 0.1) is 5.70 Å². The predicted molar refractivity (Wildman–Crippen MR) is 79.3 cm³/mol. The molecule has 0 unspecified atom stereocenters. The molecule has 1 nitrogen and oxygen atoms in total. The number of allylic oxidation sites excluding steroid dienone is 5. The molecule has 2 aliphatic heterocycles. The van der Waals surface area contributed by atoms with Gasteiger partial charge in [-0.25, -0.2) is 0 Å². The molecule has 0 aromatic rings. The Hall–Kier alpha value is -1.37. The van der Waals surface area contributed by atoms with E-state index in [4.69, 9.17) is 0 Å². The van der Waals surface area contributed by atoms with E-state index >= 15 is 0 Å². The summed E-state index contributed by atoms with van der Waals surface area (Å²) in [4.78, 5) is 2.30. The third-order valence-corrected chi connectivity index (χ3v) is 4.31. The Bertz CT molecular complexity index is 539. The normalized spacial score (nSPS) is 26.2. The monoisotopic (exact) mass is 255 g/mol. The lowest BCUT2D eigenvalue weighted by molar-refractivity contribution is 0.434. The molecule has 0 saturated carbocycles. The molecule has 0 aromatic carbocycles. The predicted octanol–water partition coefficient (Wildman–Crippen LogP) is 3.80. The lowest BCUT2D eigenvalue weighted by Gasteiger charge is -2.25. The van der Waals surface area contributed by atoms with Crippen LogP contribution in [0.1, 0.15) is 12.8 Å². The van der Waals surface area contributed by atoms with Gasteiger partial charge in [-0.1, -0.05) is 30.0 Å². The molecule has 0 amide bonds. The highest BCUT2D eigenvalue weighted by Gasteiger charge is 2.16. The van der Waals surface area contributed by atoms with Crippen LogP contribution < -0.4 is 0 Å². The van der Waals surface area contributed by atoms with Crippen LogP contribution in [0.2, 0.25) is 0 Å². The van der Waals surface area contributed by atoms with Gasteiger partial charge in [-0.05, 0) is 35.5 Å². The molecular weight excluding hydrogens is 238 g/mol. The van der Waals surface area contributed by atoms with Crippen molar-refractivity contribution < 1.29 is 0 Å². The number of rotatable bonds is 0. The van der Waals surface area contributed by atoms with Crippen molar-refractivity contribution in [2.75, 3.05) is 19.3 Å². The second-order valence-electron chi connectivity index (χ2n) is 4.75. The number of fused-ring (bicyclic) bond motifs is 1. The lowest BCUT2D eigenvalue weighted by Crippen LogP contribution is -2.20. The standard InChI is InChI=1S/C16H17NS/c1-17-9-7-13-8-10-18-12-16(13)14-5-3-2-4-6-15(17)11-14/h3-6,8,10H,2,7,9,12H2,1H3/b5-3-,6-4-. The van der Waals surface area contributed by atoms with Gasteiger partial charge in [0.15, 0.2) is 0 Å². The molecule has 1 aliphatic carbocycles. The smallest absolute Gasteiger partial charge is 0.0800 e. The third kappa shape index (κ3) is 2.27. The van der Waals surface area contributed by atoms with Crippen LogP contribution in [0, 0.1) is 0 Å². The topological polar surface area (TPSA) is 3.24 Å². The van der Waals surface area contributed by atoms with E-state index in [0.29, 0.717) is 0 Å². The Kier molecular flexibility index (Phi) is 3.31. The van der Waals surface area contributed by atoms with Crippen LogP contribution in [-0.2, 0) is 0 Å². The number of thioether (sulfide) groups is 1. The molecule has 0 N–H and O–H groups in total. The molecule has 0 saturated heterocycles. The maximum Gasteiger partial charge on any atom is 0.0800 e. The van der Waals surface area contributed by atoms with Crippen molar-refractivity contribution in [3.8, 4) is 0 Å². The second kappa shape index (κ2) is 5.09. The van der Waals surface area contributed by atoms with Gasteiger partial charge in [0.2, 0.25) is 0 Å². The summed E-state index contributed by atoms with van der Waals surface area (Å²) in [6, 6.07) is 0. The molecule has 2 bridgehead atoms. The highest BCUT2D eigenvalue weighted by atomic mass is 32.2. The molecule has 2 heterocycles. The molecule has 3 rings (SSSR count). The summed E-state index contributed by atoms with van der Waals surface area (Å²) in [5.74, 6) is 1.08. The Labute approximate surface area is 113 Å². The first-order valence-electron chi connectivity index (χ1n) is 6.40. The first-order chi connectivity index (χ1) is 8.84. The minimum Gasteiger partial charge on any atom is -0.368 e. The lowest BCUT2D eigenvalue weighted by atomic mass is 9.96. The Morgan fingerprint density at radius 2 is 2.11 bits per heavy atom. The Morgan fingerprint density at radius 1 is 1.22 bits per heavy atom. The van der Waals surface area contributed by atoms with Crippen LogP contribution in [0.25, 0.3) is 0 Å². The van der Waals surface area contributed by atoms with E-state index in [1.54, 1.807) is 0 Å². The molecule has 0 fully saturated rings. The fourth-order valence-electron chi connectivity index (χ4n) is 2.41. The van der Waals surface area contributed by atoms with Gasteiger partial charge in [0.25, 0.3) is 0 Å². The van der Waals surface area contributed by atoms with Crippen molar-refractivity contribution >= 4 is 11.8 Å². The van der Waals surface area contributed by atoms with Gasteiger partial charge in [0, 0.05) is 24.9 Å². The summed E-state index contributed by atoms with van der Waals surface area (Å²) in [5.41, 5.74) is 9.02. The maximum atomic E-state index is 3.59. The van der Waals surface area contributed by atoms with E-state index in [9.17, 15) is 0 Å². The van der Waals surface area contributed by atoms with E-state index in [1.807, 2.05) is 11.8 Å². The Morgan fingerprint density at radius 3 is 3.06 bits per heavy atom. The summed E-state index contributed by atoms with van der Waals surface area (Å²) in [6.45, 7) is 1.07. The van der Waals surface area contributed by atoms with Crippen molar-refractivity contribution in [2.24, 2.45) is 0 Å². The first-order valence-corrected chi connectivity index (χ1v) is 7.45. The summed E-state index contributed by atoms with van der Waals surface area (Å²) in [5, 5.41) is 2.22. The van der Waals surface area contributed by atoms with Crippen LogP contribution in [-0.4, -0.2) is 24.2 Å². The third-order valence-electron chi connectivity index (χ3n) is 3.53. The number of likely N-dealkylation sites (N-methyl/N-ethyl adjacent to an activating group) is 1. The average Bonchev–Trinajstić information content (AvgIpc) is 2.34.